The third-order valence-corrected chi connectivity index (χ3v) is 2.82. The second-order valence-corrected chi connectivity index (χ2v) is 5.68. The maximum absolute atomic E-state index is 12.0. The number of carbonyl (C=O) groups excluding carboxylic acids is 2. The van der Waals surface area contributed by atoms with Crippen LogP contribution in [-0.4, -0.2) is 24.3 Å². The van der Waals surface area contributed by atoms with Gasteiger partial charge in [0.2, 0.25) is 0 Å². The van der Waals surface area contributed by atoms with Gasteiger partial charge in [-0.05, 0) is 12.2 Å². The Morgan fingerprint density at radius 1 is 1.15 bits per heavy atom. The van der Waals surface area contributed by atoms with Gasteiger partial charge in [0.05, 0.1) is 6.04 Å². The summed E-state index contributed by atoms with van der Waals surface area (Å²) in [6, 6.07) is -0.687. The van der Waals surface area contributed by atoms with E-state index >= 15 is 0 Å². The second kappa shape index (κ2) is 7.01. The molecule has 4 nitrogen and oxygen atoms in total. The Labute approximate surface area is 120 Å². The van der Waals surface area contributed by atoms with Crippen molar-refractivity contribution in [2.75, 3.05) is 6.54 Å². The molecule has 0 aliphatic heterocycles. The van der Waals surface area contributed by atoms with E-state index in [9.17, 15) is 9.59 Å². The fourth-order valence-corrected chi connectivity index (χ4v) is 1.67. The monoisotopic (exact) mass is 274 g/mol. The number of Topliss-reactive ketones (excluding diaryl/α,β-unsaturated/α-hetero) is 1. The largest absolute Gasteiger partial charge is 0.350 e. The van der Waals surface area contributed by atoms with Crippen molar-refractivity contribution in [1.29, 1.82) is 0 Å². The molecule has 0 bridgehead atoms. The standard InChI is InChI=1S/C16H22N2O2/c1-16(2,3)14(19)13(17)11-18-15(20)12-9-7-5-4-6-8-10-12/h4-10,13H,11,17H2,1-3H3,(H,18,20)/b5-4-,6-4?,7-5?,8-6-,9-7?,10-8?,12-9?,12-10?. The van der Waals surface area contributed by atoms with Crippen LogP contribution in [0.2, 0.25) is 0 Å². The summed E-state index contributed by atoms with van der Waals surface area (Å²) in [5, 5.41) is 2.69. The molecule has 1 atom stereocenters. The van der Waals surface area contributed by atoms with E-state index in [1.54, 1.807) is 24.3 Å². The molecule has 1 rings (SSSR count). The van der Waals surface area contributed by atoms with Crippen LogP contribution in [0.25, 0.3) is 0 Å². The number of amides is 1. The highest BCUT2D eigenvalue weighted by atomic mass is 16.2. The van der Waals surface area contributed by atoms with Crippen molar-refractivity contribution in [3.63, 3.8) is 0 Å². The third-order valence-electron chi connectivity index (χ3n) is 2.82. The van der Waals surface area contributed by atoms with Crippen LogP contribution in [0.3, 0.4) is 0 Å². The molecule has 4 heteroatoms. The summed E-state index contributed by atoms with van der Waals surface area (Å²) >= 11 is 0. The van der Waals surface area contributed by atoms with E-state index in [0.717, 1.165) is 0 Å². The fraction of sp³-hybridized carbons (Fsp3) is 0.375. The van der Waals surface area contributed by atoms with Crippen molar-refractivity contribution in [2.24, 2.45) is 11.1 Å². The zero-order chi connectivity index (χ0) is 15.2. The van der Waals surface area contributed by atoms with Gasteiger partial charge in [0.25, 0.3) is 5.91 Å². The summed E-state index contributed by atoms with van der Waals surface area (Å²) in [6.07, 6.45) is 12.6. The van der Waals surface area contributed by atoms with E-state index in [-0.39, 0.29) is 18.2 Å². The smallest absolute Gasteiger partial charge is 0.251 e. The number of carbonyl (C=O) groups is 2. The molecular weight excluding hydrogens is 252 g/mol. The number of hydrogen-bond donors (Lipinski definition) is 2. The van der Waals surface area contributed by atoms with Gasteiger partial charge >= 0.3 is 0 Å². The molecule has 0 aromatic heterocycles. The van der Waals surface area contributed by atoms with E-state index in [2.05, 4.69) is 5.32 Å². The van der Waals surface area contributed by atoms with Gasteiger partial charge in [-0.1, -0.05) is 51.2 Å². The highest BCUT2D eigenvalue weighted by Crippen LogP contribution is 2.15. The Balaban J connectivity index is 2.57. The van der Waals surface area contributed by atoms with Crippen LogP contribution in [0, 0.1) is 5.41 Å². The lowest BCUT2D eigenvalue weighted by molar-refractivity contribution is -0.127. The van der Waals surface area contributed by atoms with Gasteiger partial charge in [-0.2, -0.15) is 0 Å². The highest BCUT2D eigenvalue weighted by Gasteiger charge is 2.27. The molecule has 0 saturated carbocycles. The fourth-order valence-electron chi connectivity index (χ4n) is 1.67. The third kappa shape index (κ3) is 4.97. The second-order valence-electron chi connectivity index (χ2n) is 5.68. The van der Waals surface area contributed by atoms with Crippen LogP contribution in [0.1, 0.15) is 20.8 Å². The molecule has 0 saturated heterocycles. The molecule has 108 valence electrons. The molecule has 1 aliphatic rings. The van der Waals surface area contributed by atoms with Crippen molar-refractivity contribution in [3.05, 3.63) is 48.1 Å². The SMILES string of the molecule is CC(C)(C)C(=O)C(N)CNC(=O)C1=C/C=C\C=C/C=C1. The molecule has 0 radical (unpaired) electrons. The van der Waals surface area contributed by atoms with Crippen LogP contribution >= 0.6 is 0 Å². The van der Waals surface area contributed by atoms with Gasteiger partial charge in [-0.25, -0.2) is 0 Å². The Bertz CT molecular complexity index is 491. The maximum Gasteiger partial charge on any atom is 0.251 e. The predicted molar refractivity (Wildman–Crippen MR) is 81.0 cm³/mol. The summed E-state index contributed by atoms with van der Waals surface area (Å²) in [5.41, 5.74) is 5.84. The average molecular weight is 274 g/mol. The van der Waals surface area contributed by atoms with Gasteiger partial charge in [-0.3, -0.25) is 9.59 Å². The summed E-state index contributed by atoms with van der Waals surface area (Å²) in [6.45, 7) is 5.58. The minimum Gasteiger partial charge on any atom is -0.350 e. The summed E-state index contributed by atoms with van der Waals surface area (Å²) in [7, 11) is 0. The molecule has 0 aromatic carbocycles. The first kappa shape index (κ1) is 16.1. The topological polar surface area (TPSA) is 72.2 Å². The van der Waals surface area contributed by atoms with Crippen LogP contribution < -0.4 is 11.1 Å². The summed E-state index contributed by atoms with van der Waals surface area (Å²) in [4.78, 5) is 23.9. The normalized spacial score (nSPS) is 19.3. The maximum atomic E-state index is 12.0. The Hall–Kier alpha value is -1.94. The first-order valence-electron chi connectivity index (χ1n) is 6.62. The number of rotatable bonds is 4. The van der Waals surface area contributed by atoms with Crippen LogP contribution in [0.4, 0.5) is 0 Å². The van der Waals surface area contributed by atoms with Gasteiger partial charge in [-0.15, -0.1) is 0 Å². The Kier molecular flexibility index (Phi) is 5.65. The van der Waals surface area contributed by atoms with Crippen molar-refractivity contribution in [1.82, 2.24) is 5.32 Å². The molecule has 1 unspecified atom stereocenters. The van der Waals surface area contributed by atoms with E-state index in [0.29, 0.717) is 5.57 Å². The highest BCUT2D eigenvalue weighted by molar-refractivity contribution is 5.97. The zero-order valence-electron chi connectivity index (χ0n) is 12.2. The van der Waals surface area contributed by atoms with Gasteiger partial charge in [0, 0.05) is 17.5 Å². The van der Waals surface area contributed by atoms with Gasteiger partial charge in [0.1, 0.15) is 0 Å². The van der Waals surface area contributed by atoms with Crippen molar-refractivity contribution in [2.45, 2.75) is 26.8 Å². The van der Waals surface area contributed by atoms with Crippen LogP contribution in [0.15, 0.2) is 48.1 Å². The first-order valence-corrected chi connectivity index (χ1v) is 6.62. The molecule has 1 aliphatic carbocycles. The van der Waals surface area contributed by atoms with Gasteiger partial charge in [0.15, 0.2) is 5.78 Å². The zero-order valence-corrected chi connectivity index (χ0v) is 12.2. The molecule has 0 spiro atoms. The average Bonchev–Trinajstić information content (AvgIpc) is 2.33. The summed E-state index contributed by atoms with van der Waals surface area (Å²) < 4.78 is 0. The lowest BCUT2D eigenvalue weighted by Gasteiger charge is -2.21. The first-order chi connectivity index (χ1) is 9.32. The minimum absolute atomic E-state index is 0.0668. The molecule has 0 aromatic rings. The molecular formula is C16H22N2O2. The van der Waals surface area contributed by atoms with Gasteiger partial charge < -0.3 is 11.1 Å². The number of nitrogens with two attached hydrogens (primary N) is 1. The molecule has 3 N–H and O–H groups in total. The van der Waals surface area contributed by atoms with Crippen molar-refractivity contribution < 1.29 is 9.59 Å². The number of hydrogen-bond acceptors (Lipinski definition) is 3. The number of nitrogens with one attached hydrogen (secondary N) is 1. The number of allylic oxidation sites excluding steroid dienone is 6. The Morgan fingerprint density at radius 2 is 1.75 bits per heavy atom. The molecule has 1 amide bonds. The molecule has 0 fully saturated rings. The molecule has 0 heterocycles. The lowest BCUT2D eigenvalue weighted by atomic mass is 9.87. The van der Waals surface area contributed by atoms with E-state index in [4.69, 9.17) is 5.73 Å². The van der Waals surface area contributed by atoms with Crippen molar-refractivity contribution >= 4 is 11.7 Å². The van der Waals surface area contributed by atoms with Crippen molar-refractivity contribution in [3.8, 4) is 0 Å². The van der Waals surface area contributed by atoms with Crippen LogP contribution in [0.5, 0.6) is 0 Å². The summed E-state index contributed by atoms with van der Waals surface area (Å²) in [5.74, 6) is -0.304. The predicted octanol–water partition coefficient (Wildman–Crippen LogP) is 1.65. The van der Waals surface area contributed by atoms with E-state index in [1.807, 2.05) is 39.0 Å². The quantitative estimate of drug-likeness (QED) is 0.819. The van der Waals surface area contributed by atoms with E-state index < -0.39 is 11.5 Å². The Morgan fingerprint density at radius 3 is 2.40 bits per heavy atom. The van der Waals surface area contributed by atoms with E-state index in [1.165, 1.54) is 0 Å². The lowest BCUT2D eigenvalue weighted by Crippen LogP contribution is -2.47. The number of ketones is 1. The van der Waals surface area contributed by atoms with Crippen LogP contribution in [-0.2, 0) is 9.59 Å². The molecule has 20 heavy (non-hydrogen) atoms. The minimum atomic E-state index is -0.687.